The van der Waals surface area contributed by atoms with Crippen molar-refractivity contribution in [2.75, 3.05) is 19.7 Å². The molecule has 5 heteroatoms. The molecule has 1 atom stereocenters. The Morgan fingerprint density at radius 2 is 2.16 bits per heavy atom. The van der Waals surface area contributed by atoms with E-state index in [2.05, 4.69) is 24.5 Å². The van der Waals surface area contributed by atoms with Crippen LogP contribution in [0, 0.1) is 16.7 Å². The molecule has 5 nitrogen and oxygen atoms in total. The maximum absolute atomic E-state index is 12.0. The Labute approximate surface area is 114 Å². The van der Waals surface area contributed by atoms with E-state index in [1.165, 1.54) is 0 Å². The van der Waals surface area contributed by atoms with E-state index in [1.54, 1.807) is 0 Å². The first-order chi connectivity index (χ1) is 8.86. The van der Waals surface area contributed by atoms with Crippen molar-refractivity contribution in [3.8, 4) is 0 Å². The van der Waals surface area contributed by atoms with Gasteiger partial charge in [-0.1, -0.05) is 13.8 Å². The first-order valence-corrected chi connectivity index (χ1v) is 7.01. The van der Waals surface area contributed by atoms with Gasteiger partial charge in [0.25, 0.3) is 0 Å². The van der Waals surface area contributed by atoms with Crippen LogP contribution in [0.15, 0.2) is 0 Å². The molecule has 1 heterocycles. The molecular formula is C14H24N2O3. The Bertz CT molecular complexity index is 371. The largest absolute Gasteiger partial charge is 0.396 e. The topological polar surface area (TPSA) is 78.4 Å². The highest BCUT2D eigenvalue weighted by atomic mass is 16.3. The SMILES string of the molecule is CC1(C)CC(CO)(CNC(=O)C2CCNC(=O)C2)C1. The lowest BCUT2D eigenvalue weighted by molar-refractivity contribution is -0.134. The summed E-state index contributed by atoms with van der Waals surface area (Å²) in [6, 6.07) is 0. The molecule has 0 aromatic heterocycles. The number of carbonyl (C=O) groups is 2. The van der Waals surface area contributed by atoms with E-state index in [-0.39, 0.29) is 41.6 Å². The van der Waals surface area contributed by atoms with Crippen LogP contribution in [0.1, 0.15) is 39.5 Å². The van der Waals surface area contributed by atoms with Crippen LogP contribution in [-0.2, 0) is 9.59 Å². The lowest BCUT2D eigenvalue weighted by Crippen LogP contribution is -2.53. The van der Waals surface area contributed by atoms with Crippen molar-refractivity contribution >= 4 is 11.8 Å². The van der Waals surface area contributed by atoms with E-state index in [9.17, 15) is 14.7 Å². The molecule has 2 aliphatic rings. The van der Waals surface area contributed by atoms with Crippen molar-refractivity contribution in [1.82, 2.24) is 10.6 Å². The quantitative estimate of drug-likeness (QED) is 0.692. The third-order valence-electron chi connectivity index (χ3n) is 4.30. The van der Waals surface area contributed by atoms with Gasteiger partial charge in [0.15, 0.2) is 0 Å². The van der Waals surface area contributed by atoms with Crippen molar-refractivity contribution in [3.63, 3.8) is 0 Å². The highest BCUT2D eigenvalue weighted by Crippen LogP contribution is 2.53. The molecule has 1 saturated carbocycles. The zero-order valence-corrected chi connectivity index (χ0v) is 11.8. The zero-order valence-electron chi connectivity index (χ0n) is 11.8. The molecule has 0 aromatic rings. The van der Waals surface area contributed by atoms with E-state index < -0.39 is 0 Å². The summed E-state index contributed by atoms with van der Waals surface area (Å²) < 4.78 is 0. The minimum atomic E-state index is -0.211. The summed E-state index contributed by atoms with van der Waals surface area (Å²) in [5.74, 6) is -0.307. The average molecular weight is 268 g/mol. The van der Waals surface area contributed by atoms with E-state index in [1.807, 2.05) is 0 Å². The third kappa shape index (κ3) is 3.26. The van der Waals surface area contributed by atoms with Crippen molar-refractivity contribution in [2.45, 2.75) is 39.5 Å². The maximum Gasteiger partial charge on any atom is 0.223 e. The van der Waals surface area contributed by atoms with Gasteiger partial charge in [0, 0.05) is 30.8 Å². The Morgan fingerprint density at radius 1 is 1.47 bits per heavy atom. The van der Waals surface area contributed by atoms with Gasteiger partial charge >= 0.3 is 0 Å². The molecule has 108 valence electrons. The van der Waals surface area contributed by atoms with E-state index in [0.717, 1.165) is 12.8 Å². The highest BCUT2D eigenvalue weighted by molar-refractivity contribution is 5.86. The van der Waals surface area contributed by atoms with E-state index in [4.69, 9.17) is 0 Å². The van der Waals surface area contributed by atoms with Gasteiger partial charge in [-0.05, 0) is 24.7 Å². The Balaban J connectivity index is 1.81. The van der Waals surface area contributed by atoms with Gasteiger partial charge in [-0.3, -0.25) is 9.59 Å². The summed E-state index contributed by atoms with van der Waals surface area (Å²) in [7, 11) is 0. The predicted octanol–water partition coefficient (Wildman–Crippen LogP) is 0.427. The monoisotopic (exact) mass is 268 g/mol. The molecule has 1 unspecified atom stereocenters. The number of aliphatic hydroxyl groups is 1. The van der Waals surface area contributed by atoms with Gasteiger partial charge in [-0.15, -0.1) is 0 Å². The number of amides is 2. The Kier molecular flexibility index (Phi) is 3.85. The third-order valence-corrected chi connectivity index (χ3v) is 4.30. The minimum Gasteiger partial charge on any atom is -0.396 e. The van der Waals surface area contributed by atoms with Gasteiger partial charge in [0.05, 0.1) is 6.61 Å². The van der Waals surface area contributed by atoms with Crippen molar-refractivity contribution in [3.05, 3.63) is 0 Å². The summed E-state index contributed by atoms with van der Waals surface area (Å²) >= 11 is 0. The van der Waals surface area contributed by atoms with Crippen LogP contribution < -0.4 is 10.6 Å². The molecule has 1 aliphatic heterocycles. The molecule has 0 aromatic carbocycles. The molecule has 3 N–H and O–H groups in total. The van der Waals surface area contributed by atoms with E-state index >= 15 is 0 Å². The predicted molar refractivity (Wildman–Crippen MR) is 71.3 cm³/mol. The highest BCUT2D eigenvalue weighted by Gasteiger charge is 2.48. The summed E-state index contributed by atoms with van der Waals surface area (Å²) in [4.78, 5) is 23.3. The number of nitrogens with one attached hydrogen (secondary N) is 2. The molecule has 1 saturated heterocycles. The summed E-state index contributed by atoms with van der Waals surface area (Å²) in [5.41, 5.74) is 0.105. The van der Waals surface area contributed by atoms with Crippen LogP contribution >= 0.6 is 0 Å². The number of hydrogen-bond donors (Lipinski definition) is 3. The van der Waals surface area contributed by atoms with Crippen molar-refractivity contribution < 1.29 is 14.7 Å². The number of piperidine rings is 1. The number of hydrogen-bond acceptors (Lipinski definition) is 3. The van der Waals surface area contributed by atoms with E-state index in [0.29, 0.717) is 19.5 Å². The van der Waals surface area contributed by atoms with Gasteiger partial charge in [-0.25, -0.2) is 0 Å². The minimum absolute atomic E-state index is 0.0481. The first-order valence-electron chi connectivity index (χ1n) is 7.01. The van der Waals surface area contributed by atoms with Gasteiger partial charge < -0.3 is 15.7 Å². The molecule has 1 aliphatic carbocycles. The molecule has 2 rings (SSSR count). The maximum atomic E-state index is 12.0. The molecule has 19 heavy (non-hydrogen) atoms. The normalized spacial score (nSPS) is 28.2. The second-order valence-corrected chi connectivity index (χ2v) is 6.93. The van der Waals surface area contributed by atoms with Crippen molar-refractivity contribution in [1.29, 1.82) is 0 Å². The molecule has 0 bridgehead atoms. The zero-order chi connectivity index (χ0) is 14.1. The van der Waals surface area contributed by atoms with Gasteiger partial charge in [0.2, 0.25) is 11.8 Å². The van der Waals surface area contributed by atoms with Crippen LogP contribution in [0.4, 0.5) is 0 Å². The fraction of sp³-hybridized carbons (Fsp3) is 0.857. The number of carbonyl (C=O) groups excluding carboxylic acids is 2. The Hall–Kier alpha value is -1.10. The molecule has 2 amide bonds. The number of rotatable bonds is 4. The fourth-order valence-corrected chi connectivity index (χ4v) is 3.70. The lowest BCUT2D eigenvalue weighted by atomic mass is 9.54. The van der Waals surface area contributed by atoms with Crippen LogP contribution in [0.3, 0.4) is 0 Å². The van der Waals surface area contributed by atoms with Gasteiger partial charge in [-0.2, -0.15) is 0 Å². The molecule has 0 spiro atoms. The van der Waals surface area contributed by atoms with Crippen molar-refractivity contribution in [2.24, 2.45) is 16.7 Å². The molecular weight excluding hydrogens is 244 g/mol. The van der Waals surface area contributed by atoms with Crippen LogP contribution in [0.2, 0.25) is 0 Å². The molecule has 2 fully saturated rings. The second kappa shape index (κ2) is 5.12. The summed E-state index contributed by atoms with van der Waals surface area (Å²) in [5, 5.41) is 15.2. The number of aliphatic hydroxyl groups excluding tert-OH is 1. The van der Waals surface area contributed by atoms with Crippen LogP contribution in [0.5, 0.6) is 0 Å². The summed E-state index contributed by atoms with van der Waals surface area (Å²) in [6.45, 7) is 5.56. The van der Waals surface area contributed by atoms with Gasteiger partial charge in [0.1, 0.15) is 0 Å². The first kappa shape index (κ1) is 14.3. The second-order valence-electron chi connectivity index (χ2n) is 6.93. The smallest absolute Gasteiger partial charge is 0.223 e. The van der Waals surface area contributed by atoms with Crippen LogP contribution in [-0.4, -0.2) is 36.6 Å². The fourth-order valence-electron chi connectivity index (χ4n) is 3.70. The molecule has 0 radical (unpaired) electrons. The average Bonchev–Trinajstić information content (AvgIpc) is 2.33. The van der Waals surface area contributed by atoms with Crippen LogP contribution in [0.25, 0.3) is 0 Å². The Morgan fingerprint density at radius 3 is 2.68 bits per heavy atom. The lowest BCUT2D eigenvalue weighted by Gasteiger charge is -2.52. The standard InChI is InChI=1S/C14H24N2O3/c1-13(2)6-14(7-13,9-17)8-16-12(19)10-3-4-15-11(18)5-10/h10,17H,3-9H2,1-2H3,(H,15,18)(H,16,19). The summed E-state index contributed by atoms with van der Waals surface area (Å²) in [6.07, 6.45) is 2.85.